The number of fused-ring (bicyclic) bond motifs is 6. The summed E-state index contributed by atoms with van der Waals surface area (Å²) in [6.07, 6.45) is 10.4. The largest absolute Gasteiger partial charge is 0.135 e. The smallest absolute Gasteiger partial charge is 0.00559 e. The molecule has 0 aromatic heterocycles. The molecule has 0 unspecified atom stereocenters. The maximum Gasteiger partial charge on any atom is 0.00559 e. The first-order valence-electron chi connectivity index (χ1n) is 9.41. The molecule has 0 radical (unpaired) electrons. The van der Waals surface area contributed by atoms with Crippen molar-refractivity contribution in [1.29, 1.82) is 0 Å². The molecule has 2 heterocycles. The van der Waals surface area contributed by atoms with Crippen LogP contribution in [-0.2, 0) is 12.8 Å². The van der Waals surface area contributed by atoms with Crippen LogP contribution >= 0.6 is 10.0 Å². The van der Waals surface area contributed by atoms with Crippen LogP contribution < -0.4 is 0 Å². The molecule has 3 aromatic carbocycles. The van der Waals surface area contributed by atoms with Crippen molar-refractivity contribution in [2.24, 2.45) is 0 Å². The van der Waals surface area contributed by atoms with Crippen LogP contribution in [0.15, 0.2) is 123 Å². The normalized spacial score (nSPS) is 18.9. The molecule has 0 amide bonds. The van der Waals surface area contributed by atoms with Gasteiger partial charge < -0.3 is 0 Å². The molecular formula is C26H22S. The highest BCUT2D eigenvalue weighted by Crippen LogP contribution is 2.80. The molecule has 2 aliphatic heterocycles. The summed E-state index contributed by atoms with van der Waals surface area (Å²) in [6.45, 7) is 3.83. The second-order valence-corrected chi connectivity index (χ2v) is 10.1. The summed E-state index contributed by atoms with van der Waals surface area (Å²) in [5.74, 6) is 0. The Labute approximate surface area is 162 Å². The molecule has 0 N–H and O–H groups in total. The van der Waals surface area contributed by atoms with Crippen LogP contribution in [0.5, 0.6) is 0 Å². The van der Waals surface area contributed by atoms with E-state index in [1.54, 1.807) is 0 Å². The van der Waals surface area contributed by atoms with Crippen LogP contribution in [0, 0.1) is 0 Å². The molecule has 27 heavy (non-hydrogen) atoms. The third-order valence-corrected chi connectivity index (χ3v) is 9.82. The number of allylic oxidation sites excluding steroid dienone is 5. The molecule has 0 atom stereocenters. The van der Waals surface area contributed by atoms with E-state index in [2.05, 4.69) is 91.5 Å². The van der Waals surface area contributed by atoms with Gasteiger partial charge in [0.25, 0.3) is 0 Å². The fraction of sp³-hybridized carbons (Fsp3) is 0.0769. The summed E-state index contributed by atoms with van der Waals surface area (Å²) in [6, 6.07) is 27.2. The average molecular weight is 367 g/mol. The summed E-state index contributed by atoms with van der Waals surface area (Å²) in [5, 5.41) is 0. The Balaban J connectivity index is 1.91. The van der Waals surface area contributed by atoms with E-state index in [1.165, 1.54) is 36.3 Å². The summed E-state index contributed by atoms with van der Waals surface area (Å²) in [7, 11) is -1.39. The van der Waals surface area contributed by atoms with Gasteiger partial charge in [0, 0.05) is 21.1 Å². The fourth-order valence-electron chi connectivity index (χ4n) is 4.53. The zero-order valence-corrected chi connectivity index (χ0v) is 16.1. The van der Waals surface area contributed by atoms with Crippen LogP contribution in [0.2, 0.25) is 0 Å². The van der Waals surface area contributed by atoms with Gasteiger partial charge in [0.2, 0.25) is 0 Å². The van der Waals surface area contributed by atoms with Crippen molar-refractivity contribution in [2.75, 3.05) is 0 Å². The molecule has 3 aromatic rings. The van der Waals surface area contributed by atoms with Gasteiger partial charge in [-0.1, -0.05) is 85.5 Å². The van der Waals surface area contributed by atoms with Crippen molar-refractivity contribution in [1.82, 2.24) is 0 Å². The topological polar surface area (TPSA) is 0 Å². The minimum atomic E-state index is -1.39. The van der Waals surface area contributed by atoms with E-state index in [4.69, 9.17) is 0 Å². The highest BCUT2D eigenvalue weighted by atomic mass is 32.3. The fourth-order valence-corrected chi connectivity index (χ4v) is 9.19. The number of benzene rings is 3. The van der Waals surface area contributed by atoms with Crippen LogP contribution in [0.25, 0.3) is 0 Å². The molecule has 0 saturated heterocycles. The predicted molar refractivity (Wildman–Crippen MR) is 116 cm³/mol. The van der Waals surface area contributed by atoms with Gasteiger partial charge in [-0.25, -0.2) is 0 Å². The third-order valence-electron chi connectivity index (χ3n) is 5.58. The first-order valence-corrected chi connectivity index (χ1v) is 11.0. The average Bonchev–Trinajstić information content (AvgIpc) is 3.03. The first kappa shape index (κ1) is 16.4. The van der Waals surface area contributed by atoms with Gasteiger partial charge >= 0.3 is 0 Å². The van der Waals surface area contributed by atoms with Gasteiger partial charge in [0.15, 0.2) is 0 Å². The maximum absolute atomic E-state index is 3.83. The van der Waals surface area contributed by atoms with E-state index in [1.807, 2.05) is 12.2 Å². The maximum atomic E-state index is 3.83. The third kappa shape index (κ3) is 2.32. The Morgan fingerprint density at radius 1 is 0.630 bits per heavy atom. The first-order chi connectivity index (χ1) is 13.4. The van der Waals surface area contributed by atoms with E-state index >= 15 is 0 Å². The molecule has 132 valence electrons. The zero-order valence-electron chi connectivity index (χ0n) is 15.3. The minimum absolute atomic E-state index is 1.02. The molecule has 0 bridgehead atoms. The lowest BCUT2D eigenvalue weighted by Crippen LogP contribution is -2.13. The molecule has 0 nitrogen and oxygen atoms in total. The summed E-state index contributed by atoms with van der Waals surface area (Å²) < 4.78 is 0. The highest BCUT2D eigenvalue weighted by Gasteiger charge is 2.44. The van der Waals surface area contributed by atoms with E-state index in [-0.39, 0.29) is 0 Å². The summed E-state index contributed by atoms with van der Waals surface area (Å²) >= 11 is 0. The quantitative estimate of drug-likeness (QED) is 0.426. The van der Waals surface area contributed by atoms with Gasteiger partial charge in [-0.2, -0.15) is 0 Å². The van der Waals surface area contributed by atoms with Gasteiger partial charge in [-0.05, 0) is 46.2 Å². The monoisotopic (exact) mass is 366 g/mol. The van der Waals surface area contributed by atoms with Crippen LogP contribution in [-0.4, -0.2) is 0 Å². The molecule has 2 aliphatic rings. The van der Waals surface area contributed by atoms with Crippen LogP contribution in [0.1, 0.15) is 16.7 Å². The Kier molecular flexibility index (Phi) is 3.91. The molecular weight excluding hydrogens is 344 g/mol. The zero-order chi connectivity index (χ0) is 18.3. The number of rotatable bonds is 2. The summed E-state index contributed by atoms with van der Waals surface area (Å²) in [5.41, 5.74) is 4.42. The van der Waals surface area contributed by atoms with Crippen molar-refractivity contribution < 1.29 is 0 Å². The molecule has 1 spiro atoms. The van der Waals surface area contributed by atoms with Crippen molar-refractivity contribution in [3.05, 3.63) is 125 Å². The standard InChI is InChI=1S/C26H22S/c1-2-3-4-14-23-19-22-13-7-10-17-26(22)27(23)24-15-8-5-11-20(24)18-21-12-6-9-16-25(21)27/h2-17H,1,18-19H2/b4-3-,23-14+. The Hall–Kier alpha value is -2.77. The predicted octanol–water partition coefficient (Wildman–Crippen LogP) is 7.05. The Morgan fingerprint density at radius 2 is 1.11 bits per heavy atom. The van der Waals surface area contributed by atoms with Crippen LogP contribution in [0.3, 0.4) is 0 Å². The van der Waals surface area contributed by atoms with Crippen molar-refractivity contribution >= 4 is 10.0 Å². The van der Waals surface area contributed by atoms with E-state index in [0.29, 0.717) is 0 Å². The van der Waals surface area contributed by atoms with Crippen molar-refractivity contribution in [2.45, 2.75) is 27.5 Å². The molecule has 0 aliphatic carbocycles. The lowest BCUT2D eigenvalue weighted by atomic mass is 10.0. The van der Waals surface area contributed by atoms with E-state index in [0.717, 1.165) is 12.8 Å². The Bertz CT molecular complexity index is 1050. The van der Waals surface area contributed by atoms with Gasteiger partial charge in [-0.3, -0.25) is 0 Å². The second-order valence-electron chi connectivity index (χ2n) is 7.04. The highest BCUT2D eigenvalue weighted by molar-refractivity contribution is 8.37. The molecule has 0 fully saturated rings. The minimum Gasteiger partial charge on any atom is -0.135 e. The molecule has 0 saturated carbocycles. The lowest BCUT2D eigenvalue weighted by molar-refractivity contribution is 1.03. The number of hydrogen-bond donors (Lipinski definition) is 0. The van der Waals surface area contributed by atoms with Crippen molar-refractivity contribution in [3.63, 3.8) is 0 Å². The lowest BCUT2D eigenvalue weighted by Gasteiger charge is -2.45. The van der Waals surface area contributed by atoms with Gasteiger partial charge in [0.1, 0.15) is 0 Å². The SMILES string of the molecule is C=C/C=C\C=C1/Cc2ccccc2S12c1ccccc1Cc1ccccc12. The summed E-state index contributed by atoms with van der Waals surface area (Å²) in [4.78, 5) is 6.09. The Morgan fingerprint density at radius 3 is 1.63 bits per heavy atom. The van der Waals surface area contributed by atoms with Gasteiger partial charge in [0.05, 0.1) is 0 Å². The molecule has 1 heteroatoms. The van der Waals surface area contributed by atoms with E-state index < -0.39 is 10.0 Å². The van der Waals surface area contributed by atoms with E-state index in [9.17, 15) is 0 Å². The van der Waals surface area contributed by atoms with Crippen molar-refractivity contribution in [3.8, 4) is 0 Å². The van der Waals surface area contributed by atoms with Crippen LogP contribution in [0.4, 0.5) is 0 Å². The molecule has 5 rings (SSSR count). The number of hydrogen-bond acceptors (Lipinski definition) is 0. The van der Waals surface area contributed by atoms with Gasteiger partial charge in [-0.15, -0.1) is 10.0 Å². The second kappa shape index (κ2) is 6.44.